The van der Waals surface area contributed by atoms with Crippen molar-refractivity contribution in [2.45, 2.75) is 53.5 Å². The summed E-state index contributed by atoms with van der Waals surface area (Å²) >= 11 is 0. The molecule has 1 aliphatic rings. The number of likely N-dealkylation sites (tertiary alicyclic amines) is 1. The predicted octanol–water partition coefficient (Wildman–Crippen LogP) is 7.11. The van der Waals surface area contributed by atoms with Gasteiger partial charge in [0.15, 0.2) is 0 Å². The summed E-state index contributed by atoms with van der Waals surface area (Å²) in [5.74, 6) is 0.529. The molecule has 0 bridgehead atoms. The number of ether oxygens (including phenoxy) is 1. The van der Waals surface area contributed by atoms with Crippen molar-refractivity contribution in [3.8, 4) is 22.9 Å². The molecule has 1 aliphatic heterocycles. The number of benzene rings is 2. The van der Waals surface area contributed by atoms with Gasteiger partial charge in [-0.15, -0.1) is 0 Å². The van der Waals surface area contributed by atoms with Crippen molar-refractivity contribution in [1.82, 2.24) is 19.9 Å². The molecule has 2 aromatic heterocycles. The van der Waals surface area contributed by atoms with E-state index in [1.807, 2.05) is 46.8 Å². The third-order valence-corrected chi connectivity index (χ3v) is 7.42. The van der Waals surface area contributed by atoms with Crippen LogP contribution in [0.5, 0.6) is 11.6 Å². The van der Waals surface area contributed by atoms with Crippen LogP contribution in [-0.2, 0) is 4.79 Å². The van der Waals surface area contributed by atoms with E-state index in [9.17, 15) is 14.7 Å². The third-order valence-electron chi connectivity index (χ3n) is 7.42. The van der Waals surface area contributed by atoms with E-state index in [-0.39, 0.29) is 35.4 Å². The zero-order valence-corrected chi connectivity index (χ0v) is 25.5. The molecule has 0 aliphatic carbocycles. The molecule has 3 heterocycles. The number of nitrogens with zero attached hydrogens (tertiary/aromatic N) is 4. The van der Waals surface area contributed by atoms with Crippen molar-refractivity contribution in [2.75, 3.05) is 23.7 Å². The molecule has 10 nitrogen and oxygen atoms in total. The van der Waals surface area contributed by atoms with E-state index in [2.05, 4.69) is 20.6 Å². The Morgan fingerprint density at radius 1 is 1.07 bits per heavy atom. The Hall–Kier alpha value is -4.80. The Balaban J connectivity index is 1.45. The second-order valence-corrected chi connectivity index (χ2v) is 12.6. The summed E-state index contributed by atoms with van der Waals surface area (Å²) in [4.78, 5) is 39.3. The van der Waals surface area contributed by atoms with Crippen LogP contribution < -0.4 is 15.4 Å². The molecular formula is C33H37FN6O4. The van der Waals surface area contributed by atoms with Gasteiger partial charge in [0.2, 0.25) is 17.7 Å². The van der Waals surface area contributed by atoms with Crippen molar-refractivity contribution < 1.29 is 23.8 Å². The van der Waals surface area contributed by atoms with Crippen molar-refractivity contribution in [2.24, 2.45) is 11.3 Å². The van der Waals surface area contributed by atoms with Crippen LogP contribution in [0, 0.1) is 24.1 Å². The fourth-order valence-corrected chi connectivity index (χ4v) is 5.53. The van der Waals surface area contributed by atoms with Gasteiger partial charge >= 0.3 is 6.09 Å². The standard InChI is InChI=1S/C33H37FN6O4/c1-19-15-21(18-40(17-19)32(42)43)37-31-36-14-12-26(38-31)24-7-6-13-35-30(24)44-29-20(2)8-9-22-23(29)10-11-25(34)28(22)39-27(41)16-33(3,4)5/h6-14,19,21H,15-18H2,1-5H3,(H,39,41)(H,42,43)(H,36,37,38). The molecule has 0 radical (unpaired) electrons. The summed E-state index contributed by atoms with van der Waals surface area (Å²) in [5.41, 5.74) is 1.82. The summed E-state index contributed by atoms with van der Waals surface area (Å²) in [6, 6.07) is 11.8. The van der Waals surface area contributed by atoms with Gasteiger partial charge < -0.3 is 25.4 Å². The maximum absolute atomic E-state index is 15.0. The van der Waals surface area contributed by atoms with E-state index in [1.54, 1.807) is 36.7 Å². The number of carbonyl (C=O) groups excluding carboxylic acids is 1. The number of rotatable bonds is 7. The highest BCUT2D eigenvalue weighted by atomic mass is 19.1. The van der Waals surface area contributed by atoms with Gasteiger partial charge in [0.1, 0.15) is 11.6 Å². The first-order valence-corrected chi connectivity index (χ1v) is 14.6. The molecule has 0 spiro atoms. The molecule has 2 unspecified atom stereocenters. The number of piperidine rings is 1. The fraction of sp³-hybridized carbons (Fsp3) is 0.364. The molecule has 44 heavy (non-hydrogen) atoms. The molecule has 2 atom stereocenters. The number of hydrogen-bond acceptors (Lipinski definition) is 7. The molecule has 1 fully saturated rings. The highest BCUT2D eigenvalue weighted by Gasteiger charge is 2.28. The smallest absolute Gasteiger partial charge is 0.407 e. The second-order valence-electron chi connectivity index (χ2n) is 12.6. The van der Waals surface area contributed by atoms with E-state index >= 15 is 4.39 Å². The first-order valence-electron chi connectivity index (χ1n) is 14.6. The number of aryl methyl sites for hydroxylation is 1. The second kappa shape index (κ2) is 12.4. The number of pyridine rings is 1. The van der Waals surface area contributed by atoms with E-state index in [1.165, 1.54) is 11.0 Å². The molecule has 2 amide bonds. The molecule has 2 aromatic carbocycles. The summed E-state index contributed by atoms with van der Waals surface area (Å²) < 4.78 is 21.5. The Labute approximate surface area is 255 Å². The number of anilines is 2. The van der Waals surface area contributed by atoms with Crippen molar-refractivity contribution in [3.63, 3.8) is 0 Å². The van der Waals surface area contributed by atoms with Gasteiger partial charge in [0.25, 0.3) is 0 Å². The average Bonchev–Trinajstić information content (AvgIpc) is 2.95. The van der Waals surface area contributed by atoms with Gasteiger partial charge in [-0.3, -0.25) is 4.79 Å². The molecule has 1 saturated heterocycles. The van der Waals surface area contributed by atoms with Gasteiger partial charge in [-0.05, 0) is 60.6 Å². The monoisotopic (exact) mass is 600 g/mol. The van der Waals surface area contributed by atoms with Crippen LogP contribution in [0.3, 0.4) is 0 Å². The van der Waals surface area contributed by atoms with Gasteiger partial charge in [-0.2, -0.15) is 0 Å². The molecule has 3 N–H and O–H groups in total. The number of amides is 2. The lowest BCUT2D eigenvalue weighted by Gasteiger charge is -2.35. The molecule has 0 saturated carbocycles. The van der Waals surface area contributed by atoms with Gasteiger partial charge in [0.05, 0.1) is 16.9 Å². The molecule has 11 heteroatoms. The number of aromatic nitrogens is 3. The van der Waals surface area contributed by atoms with Crippen molar-refractivity contribution in [1.29, 1.82) is 0 Å². The summed E-state index contributed by atoms with van der Waals surface area (Å²) in [5, 5.41) is 16.7. The number of hydrogen-bond donors (Lipinski definition) is 3. The van der Waals surface area contributed by atoms with Crippen LogP contribution in [0.15, 0.2) is 54.9 Å². The van der Waals surface area contributed by atoms with E-state index in [0.29, 0.717) is 52.7 Å². The Morgan fingerprint density at radius 3 is 2.59 bits per heavy atom. The Bertz CT molecular complexity index is 1710. The minimum Gasteiger partial charge on any atom is -0.465 e. The van der Waals surface area contributed by atoms with Crippen LogP contribution in [0.4, 0.5) is 20.8 Å². The number of halogens is 1. The maximum atomic E-state index is 15.0. The fourth-order valence-electron chi connectivity index (χ4n) is 5.53. The van der Waals surface area contributed by atoms with Crippen molar-refractivity contribution in [3.05, 3.63) is 66.2 Å². The first-order chi connectivity index (χ1) is 20.9. The topological polar surface area (TPSA) is 130 Å². The maximum Gasteiger partial charge on any atom is 0.407 e. The van der Waals surface area contributed by atoms with Crippen LogP contribution >= 0.6 is 0 Å². The Kier molecular flexibility index (Phi) is 8.66. The predicted molar refractivity (Wildman–Crippen MR) is 167 cm³/mol. The van der Waals surface area contributed by atoms with Gasteiger partial charge in [-0.25, -0.2) is 24.1 Å². The van der Waals surface area contributed by atoms with E-state index in [4.69, 9.17) is 9.72 Å². The van der Waals surface area contributed by atoms with Crippen molar-refractivity contribution >= 4 is 34.4 Å². The van der Waals surface area contributed by atoms with Crippen LogP contribution in [-0.4, -0.2) is 56.1 Å². The number of carboxylic acid groups (broad SMARTS) is 1. The molecular weight excluding hydrogens is 563 g/mol. The average molecular weight is 601 g/mol. The lowest BCUT2D eigenvalue weighted by atomic mass is 9.92. The minimum atomic E-state index is -0.943. The van der Waals surface area contributed by atoms with Crippen LogP contribution in [0.25, 0.3) is 22.0 Å². The zero-order chi connectivity index (χ0) is 31.6. The number of carbonyl (C=O) groups is 2. The molecule has 4 aromatic rings. The lowest BCUT2D eigenvalue weighted by Crippen LogP contribution is -2.47. The molecule has 5 rings (SSSR count). The minimum absolute atomic E-state index is 0.104. The quantitative estimate of drug-likeness (QED) is 0.205. The highest BCUT2D eigenvalue weighted by molar-refractivity contribution is 6.05. The number of fused-ring (bicyclic) bond motifs is 1. The number of nitrogens with one attached hydrogen (secondary N) is 2. The largest absolute Gasteiger partial charge is 0.465 e. The zero-order valence-electron chi connectivity index (χ0n) is 25.5. The van der Waals surface area contributed by atoms with Gasteiger partial charge in [-0.1, -0.05) is 39.8 Å². The summed E-state index contributed by atoms with van der Waals surface area (Å²) in [6.07, 6.45) is 3.32. The summed E-state index contributed by atoms with van der Waals surface area (Å²) in [7, 11) is 0. The normalized spacial score (nSPS) is 16.9. The summed E-state index contributed by atoms with van der Waals surface area (Å²) in [6.45, 7) is 10.6. The van der Waals surface area contributed by atoms with Crippen LogP contribution in [0.2, 0.25) is 0 Å². The SMILES string of the molecule is Cc1ccc2c(NC(=O)CC(C)(C)C)c(F)ccc2c1Oc1ncccc1-c1ccnc(NC2CC(C)CN(C(=O)O)C2)n1. The van der Waals surface area contributed by atoms with E-state index in [0.717, 1.165) is 12.0 Å². The lowest BCUT2D eigenvalue weighted by molar-refractivity contribution is -0.117. The van der Waals surface area contributed by atoms with Crippen LogP contribution in [0.1, 0.15) is 46.1 Å². The highest BCUT2D eigenvalue weighted by Crippen LogP contribution is 2.39. The third kappa shape index (κ3) is 7.04. The first kappa shape index (κ1) is 30.7. The molecule has 230 valence electrons. The van der Waals surface area contributed by atoms with Gasteiger partial charge in [0, 0.05) is 48.7 Å². The Morgan fingerprint density at radius 2 is 1.84 bits per heavy atom. The van der Waals surface area contributed by atoms with E-state index < -0.39 is 11.9 Å².